The number of primary sulfonamides is 1. The maximum atomic E-state index is 14.6. The van der Waals surface area contributed by atoms with Crippen molar-refractivity contribution in [3.8, 4) is 11.4 Å². The van der Waals surface area contributed by atoms with Crippen molar-refractivity contribution >= 4 is 10.0 Å². The summed E-state index contributed by atoms with van der Waals surface area (Å²) in [6, 6.07) is 9.51. The number of halogens is 1. The molecule has 0 aliphatic heterocycles. The van der Waals surface area contributed by atoms with Crippen LogP contribution in [0.15, 0.2) is 47.5 Å². The zero-order chi connectivity index (χ0) is 19.8. The molecule has 0 aliphatic rings. The minimum Gasteiger partial charge on any atom is -0.390 e. The number of benzene rings is 2. The van der Waals surface area contributed by atoms with Crippen LogP contribution in [0, 0.1) is 19.7 Å². The Bertz CT molecular complexity index is 1110. The summed E-state index contributed by atoms with van der Waals surface area (Å²) in [5.41, 5.74) is 3.75. The number of aliphatic hydroxyl groups excluding tert-OH is 1. The smallest absolute Gasteiger partial charge is 0.238 e. The Morgan fingerprint density at radius 1 is 1.19 bits per heavy atom. The molecule has 8 heteroatoms. The molecule has 3 rings (SSSR count). The molecule has 2 aromatic carbocycles. The third kappa shape index (κ3) is 4.08. The quantitative estimate of drug-likeness (QED) is 0.700. The molecular weight excluding hydrogens is 369 g/mol. The Hall–Kier alpha value is -2.55. The van der Waals surface area contributed by atoms with E-state index in [4.69, 9.17) is 5.14 Å². The SMILES string of the molecule is Cc1ccc(C)c(Cn2cc(CO)nc2-c2ccc(S(N)(=O)=O)cc2F)c1. The van der Waals surface area contributed by atoms with Gasteiger partial charge < -0.3 is 9.67 Å². The molecule has 3 aromatic rings. The summed E-state index contributed by atoms with van der Waals surface area (Å²) in [4.78, 5) is 3.99. The summed E-state index contributed by atoms with van der Waals surface area (Å²) < 4.78 is 39.2. The van der Waals surface area contributed by atoms with Crippen molar-refractivity contribution in [3.05, 3.63) is 70.8 Å². The summed E-state index contributed by atoms with van der Waals surface area (Å²) in [5.74, 6) is -0.447. The fraction of sp³-hybridized carbons (Fsp3) is 0.211. The van der Waals surface area contributed by atoms with Gasteiger partial charge in [0.05, 0.1) is 22.8 Å². The summed E-state index contributed by atoms with van der Waals surface area (Å²) in [5, 5.41) is 14.5. The second kappa shape index (κ2) is 7.22. The van der Waals surface area contributed by atoms with E-state index in [1.807, 2.05) is 32.0 Å². The van der Waals surface area contributed by atoms with E-state index in [0.717, 1.165) is 22.8 Å². The highest BCUT2D eigenvalue weighted by Gasteiger charge is 2.18. The highest BCUT2D eigenvalue weighted by Crippen LogP contribution is 2.26. The minimum absolute atomic E-state index is 0.132. The first-order valence-electron chi connectivity index (χ1n) is 8.25. The van der Waals surface area contributed by atoms with Gasteiger partial charge in [-0.3, -0.25) is 0 Å². The van der Waals surface area contributed by atoms with Crippen LogP contribution in [0.1, 0.15) is 22.4 Å². The van der Waals surface area contributed by atoms with E-state index in [1.165, 1.54) is 12.1 Å². The first kappa shape index (κ1) is 19.2. The molecule has 0 aliphatic carbocycles. The summed E-state index contributed by atoms with van der Waals surface area (Å²) in [6.45, 7) is 4.12. The van der Waals surface area contributed by atoms with Crippen LogP contribution in [-0.2, 0) is 23.2 Å². The molecule has 0 atom stereocenters. The number of imidazole rings is 1. The van der Waals surface area contributed by atoms with Gasteiger partial charge in [-0.2, -0.15) is 0 Å². The molecule has 1 heterocycles. The average Bonchev–Trinajstić information content (AvgIpc) is 3.00. The van der Waals surface area contributed by atoms with Crippen molar-refractivity contribution in [2.45, 2.75) is 31.9 Å². The van der Waals surface area contributed by atoms with Gasteiger partial charge in [0.25, 0.3) is 0 Å². The van der Waals surface area contributed by atoms with Crippen LogP contribution in [0.3, 0.4) is 0 Å². The molecule has 27 heavy (non-hydrogen) atoms. The lowest BCUT2D eigenvalue weighted by atomic mass is 10.1. The third-order valence-corrected chi connectivity index (χ3v) is 5.25. The summed E-state index contributed by atoms with van der Waals surface area (Å²) in [7, 11) is -4.00. The molecule has 1 aromatic heterocycles. The predicted octanol–water partition coefficient (Wildman–Crippen LogP) is 2.49. The number of nitrogens with zero attached hydrogens (tertiary/aromatic N) is 2. The van der Waals surface area contributed by atoms with Gasteiger partial charge in [-0.15, -0.1) is 0 Å². The van der Waals surface area contributed by atoms with Crippen molar-refractivity contribution in [2.24, 2.45) is 5.14 Å². The Balaban J connectivity index is 2.09. The number of aryl methyl sites for hydroxylation is 2. The van der Waals surface area contributed by atoms with Crippen LogP contribution >= 0.6 is 0 Å². The van der Waals surface area contributed by atoms with Gasteiger partial charge in [-0.1, -0.05) is 23.8 Å². The lowest BCUT2D eigenvalue weighted by molar-refractivity contribution is 0.277. The number of nitrogens with two attached hydrogens (primary N) is 1. The second-order valence-electron chi connectivity index (χ2n) is 6.46. The first-order chi connectivity index (χ1) is 12.7. The summed E-state index contributed by atoms with van der Waals surface area (Å²) in [6.07, 6.45) is 1.66. The van der Waals surface area contributed by atoms with Crippen molar-refractivity contribution in [1.29, 1.82) is 0 Å². The minimum atomic E-state index is -4.00. The number of hydrogen-bond acceptors (Lipinski definition) is 4. The van der Waals surface area contributed by atoms with Gasteiger partial charge in [0.1, 0.15) is 11.6 Å². The van der Waals surface area contributed by atoms with E-state index in [9.17, 15) is 17.9 Å². The number of sulfonamides is 1. The maximum absolute atomic E-state index is 14.6. The highest BCUT2D eigenvalue weighted by molar-refractivity contribution is 7.89. The van der Waals surface area contributed by atoms with E-state index in [0.29, 0.717) is 18.1 Å². The van der Waals surface area contributed by atoms with Crippen LogP contribution < -0.4 is 5.14 Å². The first-order valence-corrected chi connectivity index (χ1v) is 9.79. The molecule has 0 saturated carbocycles. The molecule has 3 N–H and O–H groups in total. The second-order valence-corrected chi connectivity index (χ2v) is 8.02. The molecule has 0 unspecified atom stereocenters. The van der Waals surface area contributed by atoms with Crippen LogP contribution in [0.2, 0.25) is 0 Å². The lowest BCUT2D eigenvalue weighted by Crippen LogP contribution is -2.12. The Morgan fingerprint density at radius 3 is 2.56 bits per heavy atom. The molecule has 0 fully saturated rings. The third-order valence-electron chi connectivity index (χ3n) is 4.34. The van der Waals surface area contributed by atoms with Crippen molar-refractivity contribution < 1.29 is 17.9 Å². The van der Waals surface area contributed by atoms with Crippen LogP contribution in [0.5, 0.6) is 0 Å². The van der Waals surface area contributed by atoms with Gasteiger partial charge in [-0.25, -0.2) is 22.9 Å². The molecule has 0 saturated heterocycles. The predicted molar refractivity (Wildman–Crippen MR) is 99.9 cm³/mol. The number of aliphatic hydroxyl groups is 1. The topological polar surface area (TPSA) is 98.2 Å². The maximum Gasteiger partial charge on any atom is 0.238 e. The Kier molecular flexibility index (Phi) is 5.14. The Labute approximate surface area is 157 Å². The van der Waals surface area contributed by atoms with Gasteiger partial charge in [0, 0.05) is 12.7 Å². The normalized spacial score (nSPS) is 11.7. The number of aromatic nitrogens is 2. The molecule has 142 valence electrons. The molecule has 0 bridgehead atoms. The number of hydrogen-bond donors (Lipinski definition) is 2. The molecular formula is C19H20FN3O3S. The van der Waals surface area contributed by atoms with Crippen molar-refractivity contribution in [2.75, 3.05) is 0 Å². The average molecular weight is 389 g/mol. The Morgan fingerprint density at radius 2 is 1.93 bits per heavy atom. The number of rotatable bonds is 5. The molecule has 6 nitrogen and oxygen atoms in total. The zero-order valence-corrected chi connectivity index (χ0v) is 15.8. The van der Waals surface area contributed by atoms with Gasteiger partial charge >= 0.3 is 0 Å². The van der Waals surface area contributed by atoms with Crippen molar-refractivity contribution in [1.82, 2.24) is 9.55 Å². The van der Waals surface area contributed by atoms with E-state index < -0.39 is 15.8 Å². The van der Waals surface area contributed by atoms with Gasteiger partial charge in [-0.05, 0) is 43.2 Å². The molecule has 0 radical (unpaired) electrons. The lowest BCUT2D eigenvalue weighted by Gasteiger charge is -2.12. The van der Waals surface area contributed by atoms with E-state index >= 15 is 0 Å². The molecule has 0 spiro atoms. The monoisotopic (exact) mass is 389 g/mol. The van der Waals surface area contributed by atoms with E-state index in [-0.39, 0.29) is 17.1 Å². The molecule has 0 amide bonds. The largest absolute Gasteiger partial charge is 0.390 e. The van der Waals surface area contributed by atoms with Crippen LogP contribution in [0.25, 0.3) is 11.4 Å². The highest BCUT2D eigenvalue weighted by atomic mass is 32.2. The van der Waals surface area contributed by atoms with Crippen molar-refractivity contribution in [3.63, 3.8) is 0 Å². The van der Waals surface area contributed by atoms with Crippen LogP contribution in [0.4, 0.5) is 4.39 Å². The zero-order valence-electron chi connectivity index (χ0n) is 15.0. The standard InChI is InChI=1S/C19H20FN3O3S/c1-12-3-4-13(2)14(7-12)9-23-10-15(11-24)22-19(23)17-6-5-16(8-18(17)20)27(21,25)26/h3-8,10,24H,9,11H2,1-2H3,(H2,21,25,26). The fourth-order valence-corrected chi connectivity index (χ4v) is 3.42. The van der Waals surface area contributed by atoms with Gasteiger partial charge in [0.2, 0.25) is 10.0 Å². The van der Waals surface area contributed by atoms with E-state index in [2.05, 4.69) is 4.98 Å². The van der Waals surface area contributed by atoms with Gasteiger partial charge in [0.15, 0.2) is 0 Å². The van der Waals surface area contributed by atoms with Crippen LogP contribution in [-0.4, -0.2) is 23.1 Å². The fourth-order valence-electron chi connectivity index (χ4n) is 2.89. The summed E-state index contributed by atoms with van der Waals surface area (Å²) >= 11 is 0. The van der Waals surface area contributed by atoms with E-state index in [1.54, 1.807) is 10.8 Å².